The number of carbonyl (C=O) groups is 1. The number of amides is 1. The summed E-state index contributed by atoms with van der Waals surface area (Å²) in [6, 6.07) is 22.6. The number of rotatable bonds is 5. The zero-order valence-electron chi connectivity index (χ0n) is 16.9. The number of fused-ring (bicyclic) bond motifs is 2. The van der Waals surface area contributed by atoms with Gasteiger partial charge in [0.2, 0.25) is 6.10 Å². The highest BCUT2D eigenvalue weighted by molar-refractivity contribution is 7.22. The highest BCUT2D eigenvalue weighted by Gasteiger charge is 2.35. The second-order valence-corrected chi connectivity index (χ2v) is 7.91. The lowest BCUT2D eigenvalue weighted by Crippen LogP contribution is -2.44. The average molecular weight is 433 g/mol. The maximum Gasteiger partial charge on any atom is 0.278 e. The Hall–Kier alpha value is -3.58. The summed E-state index contributed by atoms with van der Waals surface area (Å²) in [5.74, 6) is 1.53. The molecule has 0 saturated carbocycles. The first-order chi connectivity index (χ1) is 15.2. The van der Waals surface area contributed by atoms with Gasteiger partial charge in [-0.05, 0) is 43.3 Å². The number of ether oxygens (including phenoxy) is 3. The minimum atomic E-state index is -0.809. The van der Waals surface area contributed by atoms with Gasteiger partial charge in [-0.2, -0.15) is 0 Å². The van der Waals surface area contributed by atoms with Gasteiger partial charge in [-0.1, -0.05) is 47.7 Å². The van der Waals surface area contributed by atoms with Crippen molar-refractivity contribution in [2.45, 2.75) is 13.0 Å². The van der Waals surface area contributed by atoms with Crippen molar-refractivity contribution < 1.29 is 19.0 Å². The molecule has 0 unspecified atom stereocenters. The van der Waals surface area contributed by atoms with Gasteiger partial charge in [0.1, 0.15) is 12.4 Å². The van der Waals surface area contributed by atoms with E-state index in [0.29, 0.717) is 34.7 Å². The maximum absolute atomic E-state index is 13.8. The molecule has 156 valence electrons. The molecule has 1 atom stereocenters. The van der Waals surface area contributed by atoms with Gasteiger partial charge in [-0.25, -0.2) is 9.88 Å². The number of para-hydroxylation sites is 5. The maximum atomic E-state index is 13.8. The van der Waals surface area contributed by atoms with Gasteiger partial charge in [-0.15, -0.1) is 0 Å². The molecule has 2 heterocycles. The summed E-state index contributed by atoms with van der Waals surface area (Å²) in [4.78, 5) is 20.1. The van der Waals surface area contributed by atoms with E-state index in [1.165, 1.54) is 11.3 Å². The van der Waals surface area contributed by atoms with Gasteiger partial charge in [0.25, 0.3) is 5.91 Å². The lowest BCUT2D eigenvalue weighted by atomic mass is 10.2. The van der Waals surface area contributed by atoms with Crippen molar-refractivity contribution in [2.24, 2.45) is 0 Å². The molecule has 0 fully saturated rings. The number of aromatic nitrogens is 1. The summed E-state index contributed by atoms with van der Waals surface area (Å²) in [6.45, 7) is 2.51. The smallest absolute Gasteiger partial charge is 0.278 e. The fourth-order valence-electron chi connectivity index (χ4n) is 3.48. The highest BCUT2D eigenvalue weighted by atomic mass is 32.1. The monoisotopic (exact) mass is 432 g/mol. The Morgan fingerprint density at radius 1 is 1.06 bits per heavy atom. The van der Waals surface area contributed by atoms with E-state index in [9.17, 15) is 4.79 Å². The van der Waals surface area contributed by atoms with E-state index in [0.717, 1.165) is 10.2 Å². The SMILES string of the molecule is CCOc1ccccc1N(C(=O)[C@H]1COc2ccccc2O1)c1nc2ccccc2s1. The molecule has 1 aliphatic heterocycles. The Kier molecular flexibility index (Phi) is 5.18. The normalized spacial score (nSPS) is 14.9. The Morgan fingerprint density at radius 2 is 1.81 bits per heavy atom. The molecule has 4 aromatic rings. The fourth-order valence-corrected chi connectivity index (χ4v) is 4.46. The molecule has 5 rings (SSSR count). The van der Waals surface area contributed by atoms with E-state index in [1.54, 1.807) is 11.0 Å². The molecule has 0 radical (unpaired) electrons. The molecule has 0 saturated heterocycles. The van der Waals surface area contributed by atoms with E-state index in [2.05, 4.69) is 0 Å². The van der Waals surface area contributed by atoms with Crippen molar-refractivity contribution in [3.05, 3.63) is 72.8 Å². The molecule has 31 heavy (non-hydrogen) atoms. The van der Waals surface area contributed by atoms with Crippen LogP contribution in [-0.4, -0.2) is 30.2 Å². The summed E-state index contributed by atoms with van der Waals surface area (Å²) in [5, 5.41) is 0.556. The van der Waals surface area contributed by atoms with Crippen LogP contribution in [0, 0.1) is 0 Å². The van der Waals surface area contributed by atoms with Crippen LogP contribution in [-0.2, 0) is 4.79 Å². The molecule has 0 bridgehead atoms. The van der Waals surface area contributed by atoms with Crippen molar-refractivity contribution in [3.63, 3.8) is 0 Å². The zero-order valence-corrected chi connectivity index (χ0v) is 17.7. The van der Waals surface area contributed by atoms with Crippen LogP contribution in [0.1, 0.15) is 6.92 Å². The summed E-state index contributed by atoms with van der Waals surface area (Å²) in [6.07, 6.45) is -0.809. The Morgan fingerprint density at radius 3 is 2.65 bits per heavy atom. The molecule has 7 heteroatoms. The van der Waals surface area contributed by atoms with Crippen LogP contribution < -0.4 is 19.1 Å². The second kappa shape index (κ2) is 8.28. The first kappa shape index (κ1) is 19.4. The van der Waals surface area contributed by atoms with Crippen molar-refractivity contribution in [3.8, 4) is 17.2 Å². The third-order valence-corrected chi connectivity index (χ3v) is 5.91. The summed E-state index contributed by atoms with van der Waals surface area (Å²) in [7, 11) is 0. The van der Waals surface area contributed by atoms with E-state index >= 15 is 0 Å². The number of carbonyl (C=O) groups excluding carboxylic acids is 1. The first-order valence-electron chi connectivity index (χ1n) is 10.0. The summed E-state index contributed by atoms with van der Waals surface area (Å²) < 4.78 is 18.6. The molecule has 3 aromatic carbocycles. The summed E-state index contributed by atoms with van der Waals surface area (Å²) in [5.41, 5.74) is 1.45. The molecular formula is C24H20N2O4S. The lowest BCUT2D eigenvalue weighted by Gasteiger charge is -2.30. The van der Waals surface area contributed by atoms with Gasteiger partial charge < -0.3 is 14.2 Å². The minimum absolute atomic E-state index is 0.119. The predicted molar refractivity (Wildman–Crippen MR) is 121 cm³/mol. The number of benzene rings is 3. The topological polar surface area (TPSA) is 60.9 Å². The van der Waals surface area contributed by atoms with Gasteiger partial charge >= 0.3 is 0 Å². The zero-order chi connectivity index (χ0) is 21.2. The number of anilines is 2. The van der Waals surface area contributed by atoms with Crippen molar-refractivity contribution in [1.29, 1.82) is 0 Å². The van der Waals surface area contributed by atoms with Crippen LogP contribution in [0.5, 0.6) is 17.2 Å². The summed E-state index contributed by atoms with van der Waals surface area (Å²) >= 11 is 1.45. The number of nitrogens with zero attached hydrogens (tertiary/aromatic N) is 2. The third-order valence-electron chi connectivity index (χ3n) is 4.88. The highest BCUT2D eigenvalue weighted by Crippen LogP contribution is 2.40. The van der Waals surface area contributed by atoms with Gasteiger partial charge in [0.05, 0.1) is 22.5 Å². The van der Waals surface area contributed by atoms with Crippen LogP contribution >= 0.6 is 11.3 Å². The molecule has 0 spiro atoms. The lowest BCUT2D eigenvalue weighted by molar-refractivity contribution is -0.126. The molecule has 1 aromatic heterocycles. The van der Waals surface area contributed by atoms with E-state index < -0.39 is 6.10 Å². The first-order valence-corrected chi connectivity index (χ1v) is 10.9. The van der Waals surface area contributed by atoms with Crippen LogP contribution in [0.3, 0.4) is 0 Å². The van der Waals surface area contributed by atoms with Gasteiger partial charge in [0.15, 0.2) is 16.6 Å². The Balaban J connectivity index is 1.58. The van der Waals surface area contributed by atoms with Gasteiger partial charge in [-0.3, -0.25) is 4.79 Å². The molecule has 1 aliphatic rings. The average Bonchev–Trinajstić information content (AvgIpc) is 3.24. The molecule has 0 aliphatic carbocycles. The second-order valence-electron chi connectivity index (χ2n) is 6.90. The molecule has 6 nitrogen and oxygen atoms in total. The van der Waals surface area contributed by atoms with E-state index in [1.807, 2.05) is 73.7 Å². The van der Waals surface area contributed by atoms with E-state index in [4.69, 9.17) is 19.2 Å². The quantitative estimate of drug-likeness (QED) is 0.434. The fraction of sp³-hybridized carbons (Fsp3) is 0.167. The Labute approximate surface area is 183 Å². The van der Waals surface area contributed by atoms with Crippen molar-refractivity contribution in [2.75, 3.05) is 18.1 Å². The Bertz CT molecular complexity index is 1210. The molecule has 0 N–H and O–H groups in total. The predicted octanol–water partition coefficient (Wildman–Crippen LogP) is 5.20. The third kappa shape index (κ3) is 3.68. The number of thiazole rings is 1. The van der Waals surface area contributed by atoms with Crippen LogP contribution in [0.15, 0.2) is 72.8 Å². The minimum Gasteiger partial charge on any atom is -0.492 e. The standard InChI is InChI=1S/C24H20N2O4S/c1-2-28-18-11-5-4-10-17(18)26(24-25-16-9-3-8-14-22(16)31-24)23(27)21-15-29-19-12-6-7-13-20(19)30-21/h3-14,21H,2,15H2,1H3/t21-/m1/s1. The van der Waals surface area contributed by atoms with Crippen molar-refractivity contribution in [1.82, 2.24) is 4.98 Å². The largest absolute Gasteiger partial charge is 0.492 e. The van der Waals surface area contributed by atoms with Crippen LogP contribution in [0.4, 0.5) is 10.8 Å². The number of hydrogen-bond acceptors (Lipinski definition) is 6. The molecule has 1 amide bonds. The van der Waals surface area contributed by atoms with Crippen LogP contribution in [0.2, 0.25) is 0 Å². The molecular weight excluding hydrogens is 412 g/mol. The van der Waals surface area contributed by atoms with E-state index in [-0.39, 0.29) is 12.5 Å². The van der Waals surface area contributed by atoms with Gasteiger partial charge in [0, 0.05) is 0 Å². The van der Waals surface area contributed by atoms with Crippen LogP contribution in [0.25, 0.3) is 10.2 Å². The van der Waals surface area contributed by atoms with Crippen molar-refractivity contribution >= 4 is 38.3 Å². The number of hydrogen-bond donors (Lipinski definition) is 0.